The van der Waals surface area contributed by atoms with Crippen LogP contribution in [0.25, 0.3) is 0 Å². The quantitative estimate of drug-likeness (QED) is 0.768. The molecule has 1 aliphatic heterocycles. The Kier molecular flexibility index (Phi) is 7.38. The molecule has 4 nitrogen and oxygen atoms in total. The van der Waals surface area contributed by atoms with Gasteiger partial charge in [-0.15, -0.1) is 12.4 Å². The molecule has 0 radical (unpaired) electrons. The van der Waals surface area contributed by atoms with Crippen molar-refractivity contribution in [3.8, 4) is 5.75 Å². The van der Waals surface area contributed by atoms with E-state index in [1.165, 1.54) is 12.8 Å². The Hall–Kier alpha value is -0.780. The Bertz CT molecular complexity index is 528. The van der Waals surface area contributed by atoms with Crippen LogP contribution >= 0.6 is 28.3 Å². The van der Waals surface area contributed by atoms with Gasteiger partial charge in [-0.2, -0.15) is 0 Å². The van der Waals surface area contributed by atoms with E-state index in [1.54, 1.807) is 0 Å². The van der Waals surface area contributed by atoms with Crippen LogP contribution in [-0.4, -0.2) is 42.6 Å². The Balaban J connectivity index is 0.00000208. The van der Waals surface area contributed by atoms with Crippen LogP contribution in [0, 0.1) is 5.92 Å². The lowest BCUT2D eigenvalue weighted by atomic mass is 10.0. The average Bonchev–Trinajstić information content (AvgIpc) is 3.39. The number of nitrogens with one attached hydrogen (secondary N) is 1. The third-order valence-electron chi connectivity index (χ3n) is 4.67. The van der Waals surface area contributed by atoms with Gasteiger partial charge >= 0.3 is 0 Å². The predicted molar refractivity (Wildman–Crippen MR) is 102 cm³/mol. The number of halogens is 2. The van der Waals surface area contributed by atoms with E-state index >= 15 is 0 Å². The molecule has 2 fully saturated rings. The van der Waals surface area contributed by atoms with E-state index in [1.807, 2.05) is 36.1 Å². The van der Waals surface area contributed by atoms with Crippen molar-refractivity contribution in [2.24, 2.45) is 5.92 Å². The minimum atomic E-state index is -0.438. The summed E-state index contributed by atoms with van der Waals surface area (Å²) >= 11 is 3.40. The van der Waals surface area contributed by atoms with Gasteiger partial charge in [-0.05, 0) is 69.3 Å². The largest absolute Gasteiger partial charge is 0.481 e. The van der Waals surface area contributed by atoms with Crippen LogP contribution in [0.5, 0.6) is 5.75 Å². The molecule has 0 spiro atoms. The number of benzene rings is 1. The van der Waals surface area contributed by atoms with Crippen molar-refractivity contribution in [2.45, 2.75) is 44.8 Å². The van der Waals surface area contributed by atoms with Crippen molar-refractivity contribution in [1.29, 1.82) is 0 Å². The number of hydrogen-bond acceptors (Lipinski definition) is 3. The first-order valence-electron chi connectivity index (χ1n) is 8.56. The van der Waals surface area contributed by atoms with Crippen molar-refractivity contribution in [1.82, 2.24) is 10.2 Å². The topological polar surface area (TPSA) is 41.6 Å². The second-order valence-corrected chi connectivity index (χ2v) is 7.58. The van der Waals surface area contributed by atoms with E-state index < -0.39 is 6.10 Å². The van der Waals surface area contributed by atoms with Crippen LogP contribution in [0.3, 0.4) is 0 Å². The molecular weight excluding hydrogens is 392 g/mol. The van der Waals surface area contributed by atoms with Gasteiger partial charge in [0.2, 0.25) is 0 Å². The van der Waals surface area contributed by atoms with E-state index in [9.17, 15) is 4.79 Å². The van der Waals surface area contributed by atoms with Crippen LogP contribution in [0.1, 0.15) is 32.6 Å². The van der Waals surface area contributed by atoms with Crippen molar-refractivity contribution in [3.63, 3.8) is 0 Å². The second kappa shape index (κ2) is 9.07. The molecule has 2 aliphatic rings. The summed E-state index contributed by atoms with van der Waals surface area (Å²) in [6.45, 7) is 4.65. The first-order chi connectivity index (χ1) is 11.1. The minimum Gasteiger partial charge on any atom is -0.481 e. The highest BCUT2D eigenvalue weighted by molar-refractivity contribution is 9.10. The number of piperidine rings is 1. The molecule has 0 aromatic heterocycles. The average molecular weight is 418 g/mol. The first kappa shape index (κ1) is 19.5. The lowest BCUT2D eigenvalue weighted by Crippen LogP contribution is -2.48. The fourth-order valence-electron chi connectivity index (χ4n) is 2.98. The van der Waals surface area contributed by atoms with Gasteiger partial charge in [-0.1, -0.05) is 15.9 Å². The van der Waals surface area contributed by atoms with Gasteiger partial charge in [-0.3, -0.25) is 4.79 Å². The van der Waals surface area contributed by atoms with E-state index in [4.69, 9.17) is 4.74 Å². The molecule has 1 N–H and O–H groups in total. The van der Waals surface area contributed by atoms with Gasteiger partial charge in [0.25, 0.3) is 5.91 Å². The number of amides is 1. The second-order valence-electron chi connectivity index (χ2n) is 6.67. The summed E-state index contributed by atoms with van der Waals surface area (Å²) in [6.07, 6.45) is 4.42. The molecule has 3 rings (SSSR count). The smallest absolute Gasteiger partial charge is 0.263 e. The van der Waals surface area contributed by atoms with Crippen molar-refractivity contribution in [3.05, 3.63) is 28.7 Å². The van der Waals surface area contributed by atoms with Gasteiger partial charge in [-0.25, -0.2) is 0 Å². The molecule has 1 aromatic carbocycles. The Labute approximate surface area is 158 Å². The van der Waals surface area contributed by atoms with Gasteiger partial charge < -0.3 is 15.0 Å². The molecule has 1 heterocycles. The zero-order valence-corrected chi connectivity index (χ0v) is 16.4. The lowest BCUT2D eigenvalue weighted by Gasteiger charge is -2.34. The number of carbonyl (C=O) groups is 1. The van der Waals surface area contributed by atoms with E-state index in [-0.39, 0.29) is 18.3 Å². The van der Waals surface area contributed by atoms with Crippen molar-refractivity contribution >= 4 is 34.2 Å². The number of likely N-dealkylation sites (tertiary alicyclic amines) is 1. The Morgan fingerprint density at radius 1 is 1.25 bits per heavy atom. The maximum absolute atomic E-state index is 12.5. The van der Waals surface area contributed by atoms with Gasteiger partial charge in [0.15, 0.2) is 6.10 Å². The van der Waals surface area contributed by atoms with Crippen LogP contribution in [0.2, 0.25) is 0 Å². The van der Waals surface area contributed by atoms with E-state index in [0.29, 0.717) is 6.04 Å². The molecule has 1 aromatic rings. The monoisotopic (exact) mass is 416 g/mol. The minimum absolute atomic E-state index is 0. The van der Waals surface area contributed by atoms with Gasteiger partial charge in [0, 0.05) is 23.6 Å². The highest BCUT2D eigenvalue weighted by Gasteiger charge is 2.28. The standard InChI is InChI=1S/C18H25BrN2O2.ClH/c1-13(23-17-6-4-15(19)5-7-17)18(22)21-10-8-16(9-11-21)20-12-14-2-3-14;/h4-7,13-14,16,20H,2-3,8-12H2,1H3;1H. The molecule has 1 atom stereocenters. The molecule has 134 valence electrons. The molecule has 1 amide bonds. The lowest BCUT2D eigenvalue weighted by molar-refractivity contribution is -0.139. The highest BCUT2D eigenvalue weighted by atomic mass is 79.9. The van der Waals surface area contributed by atoms with E-state index in [0.717, 1.165) is 48.6 Å². The first-order valence-corrected chi connectivity index (χ1v) is 9.35. The zero-order chi connectivity index (χ0) is 16.2. The number of nitrogens with zero attached hydrogens (tertiary/aromatic N) is 1. The van der Waals surface area contributed by atoms with Crippen LogP contribution in [0.4, 0.5) is 0 Å². The molecular formula is C18H26BrClN2O2. The van der Waals surface area contributed by atoms with Gasteiger partial charge in [0.05, 0.1) is 0 Å². The maximum Gasteiger partial charge on any atom is 0.263 e. The summed E-state index contributed by atoms with van der Waals surface area (Å²) < 4.78 is 6.77. The highest BCUT2D eigenvalue weighted by Crippen LogP contribution is 2.28. The maximum atomic E-state index is 12.5. The SMILES string of the molecule is CC(Oc1ccc(Br)cc1)C(=O)N1CCC(NCC2CC2)CC1.Cl. The fourth-order valence-corrected chi connectivity index (χ4v) is 3.25. The summed E-state index contributed by atoms with van der Waals surface area (Å²) in [4.78, 5) is 14.5. The number of rotatable bonds is 6. The molecule has 1 aliphatic carbocycles. The molecule has 0 bridgehead atoms. The molecule has 1 saturated heterocycles. The fraction of sp³-hybridized carbons (Fsp3) is 0.611. The molecule has 24 heavy (non-hydrogen) atoms. The van der Waals surface area contributed by atoms with Crippen LogP contribution in [0.15, 0.2) is 28.7 Å². The summed E-state index contributed by atoms with van der Waals surface area (Å²) in [7, 11) is 0. The summed E-state index contributed by atoms with van der Waals surface area (Å²) in [5.74, 6) is 1.73. The number of carbonyl (C=O) groups excluding carboxylic acids is 1. The summed E-state index contributed by atoms with van der Waals surface area (Å²) in [6, 6.07) is 8.17. The Morgan fingerprint density at radius 2 is 1.88 bits per heavy atom. The summed E-state index contributed by atoms with van der Waals surface area (Å²) in [5.41, 5.74) is 0. The van der Waals surface area contributed by atoms with Crippen LogP contribution < -0.4 is 10.1 Å². The molecule has 1 unspecified atom stereocenters. The third-order valence-corrected chi connectivity index (χ3v) is 5.20. The van der Waals surface area contributed by atoms with Gasteiger partial charge in [0.1, 0.15) is 5.75 Å². The Morgan fingerprint density at radius 3 is 2.46 bits per heavy atom. The van der Waals surface area contributed by atoms with Crippen molar-refractivity contribution < 1.29 is 9.53 Å². The van der Waals surface area contributed by atoms with E-state index in [2.05, 4.69) is 21.2 Å². The zero-order valence-electron chi connectivity index (χ0n) is 14.0. The molecule has 6 heteroatoms. The number of ether oxygens (including phenoxy) is 1. The molecule has 1 saturated carbocycles. The van der Waals surface area contributed by atoms with Crippen molar-refractivity contribution in [2.75, 3.05) is 19.6 Å². The predicted octanol–water partition coefficient (Wildman–Crippen LogP) is 3.63. The van der Waals surface area contributed by atoms with Crippen LogP contribution in [-0.2, 0) is 4.79 Å². The normalized spacial score (nSPS) is 19.5. The summed E-state index contributed by atoms with van der Waals surface area (Å²) in [5, 5.41) is 3.64. The third kappa shape index (κ3) is 5.64. The number of hydrogen-bond donors (Lipinski definition) is 1.